The maximum Gasteiger partial charge on any atom is 0.243 e. The van der Waals surface area contributed by atoms with Gasteiger partial charge >= 0.3 is 0 Å². The number of nitrogens with two attached hydrogens (primary N) is 1. The summed E-state index contributed by atoms with van der Waals surface area (Å²) in [5.74, 6) is 0. The van der Waals surface area contributed by atoms with Gasteiger partial charge in [-0.15, -0.1) is 11.3 Å². The molecule has 21 heavy (non-hydrogen) atoms. The Morgan fingerprint density at radius 3 is 2.62 bits per heavy atom. The molecule has 0 aliphatic rings. The van der Waals surface area contributed by atoms with Crippen LogP contribution in [0, 0.1) is 13.8 Å². The minimum absolute atomic E-state index is 0.220. The molecule has 0 atom stereocenters. The van der Waals surface area contributed by atoms with Gasteiger partial charge in [0, 0.05) is 22.6 Å². The van der Waals surface area contributed by atoms with Gasteiger partial charge in [-0.05, 0) is 47.5 Å². The molecule has 0 aliphatic carbocycles. The average molecular weight is 390 g/mol. The Balaban J connectivity index is 2.35. The average Bonchev–Trinajstić information content (AvgIpc) is 2.79. The lowest BCUT2D eigenvalue weighted by Gasteiger charge is -2.18. The van der Waals surface area contributed by atoms with Crippen LogP contribution < -0.4 is 5.73 Å². The van der Waals surface area contributed by atoms with Crippen molar-refractivity contribution in [3.8, 4) is 0 Å². The molecule has 8 heteroatoms. The quantitative estimate of drug-likeness (QED) is 0.815. The van der Waals surface area contributed by atoms with Gasteiger partial charge < -0.3 is 5.73 Å². The van der Waals surface area contributed by atoms with E-state index < -0.39 is 10.0 Å². The molecule has 0 saturated heterocycles. The van der Waals surface area contributed by atoms with E-state index in [0.29, 0.717) is 15.7 Å². The zero-order valence-electron chi connectivity index (χ0n) is 11.9. The van der Waals surface area contributed by atoms with Crippen molar-refractivity contribution in [1.29, 1.82) is 0 Å². The molecule has 0 spiro atoms. The van der Waals surface area contributed by atoms with Gasteiger partial charge in [0.25, 0.3) is 0 Å². The van der Waals surface area contributed by atoms with Crippen LogP contribution in [0.25, 0.3) is 0 Å². The second-order valence-corrected chi connectivity index (χ2v) is 8.69. The summed E-state index contributed by atoms with van der Waals surface area (Å²) in [5, 5.41) is 2.78. The molecule has 0 aliphatic heterocycles. The van der Waals surface area contributed by atoms with Gasteiger partial charge in [-0.3, -0.25) is 0 Å². The first-order valence-corrected chi connectivity index (χ1v) is 9.26. The summed E-state index contributed by atoms with van der Waals surface area (Å²) in [7, 11) is -2.06. The van der Waals surface area contributed by atoms with E-state index in [9.17, 15) is 8.42 Å². The van der Waals surface area contributed by atoms with Crippen molar-refractivity contribution in [3.05, 3.63) is 38.3 Å². The van der Waals surface area contributed by atoms with Gasteiger partial charge in [0.2, 0.25) is 10.0 Å². The number of thiazole rings is 1. The zero-order chi connectivity index (χ0) is 15.8. The molecule has 0 radical (unpaired) electrons. The van der Waals surface area contributed by atoms with E-state index >= 15 is 0 Å². The number of rotatable bonds is 4. The third-order valence-electron chi connectivity index (χ3n) is 3.03. The molecule has 0 amide bonds. The molecule has 0 unspecified atom stereocenters. The molecule has 0 saturated carbocycles. The summed E-state index contributed by atoms with van der Waals surface area (Å²) in [6, 6.07) is 3.20. The Bertz CT molecular complexity index is 772. The van der Waals surface area contributed by atoms with Crippen molar-refractivity contribution in [2.45, 2.75) is 25.3 Å². The van der Waals surface area contributed by atoms with Crippen LogP contribution >= 0.6 is 27.3 Å². The first-order valence-electron chi connectivity index (χ1n) is 6.15. The van der Waals surface area contributed by atoms with Crippen molar-refractivity contribution in [2.75, 3.05) is 12.8 Å². The predicted molar refractivity (Wildman–Crippen MR) is 88.8 cm³/mol. The lowest BCUT2D eigenvalue weighted by molar-refractivity contribution is 0.462. The first kappa shape index (κ1) is 16.4. The van der Waals surface area contributed by atoms with Crippen LogP contribution in [0.1, 0.15) is 16.3 Å². The third-order valence-corrected chi connectivity index (χ3v) is 6.49. The Morgan fingerprint density at radius 1 is 1.38 bits per heavy atom. The predicted octanol–water partition coefficient (Wildman–Crippen LogP) is 2.93. The van der Waals surface area contributed by atoms with Crippen LogP contribution in [0.5, 0.6) is 0 Å². The lowest BCUT2D eigenvalue weighted by Crippen LogP contribution is -2.27. The number of benzene rings is 1. The van der Waals surface area contributed by atoms with Crippen LogP contribution in [0.2, 0.25) is 0 Å². The number of hydrogen-bond donors (Lipinski definition) is 1. The van der Waals surface area contributed by atoms with Crippen molar-refractivity contribution in [2.24, 2.45) is 0 Å². The van der Waals surface area contributed by atoms with E-state index in [2.05, 4.69) is 20.9 Å². The maximum absolute atomic E-state index is 12.7. The van der Waals surface area contributed by atoms with Gasteiger partial charge in [0.05, 0.1) is 22.1 Å². The third kappa shape index (κ3) is 3.45. The van der Waals surface area contributed by atoms with Crippen LogP contribution in [-0.2, 0) is 16.6 Å². The van der Waals surface area contributed by atoms with E-state index in [1.54, 1.807) is 20.0 Å². The minimum atomic E-state index is -3.60. The highest BCUT2D eigenvalue weighted by molar-refractivity contribution is 9.10. The van der Waals surface area contributed by atoms with Gasteiger partial charge in [-0.1, -0.05) is 0 Å². The summed E-state index contributed by atoms with van der Waals surface area (Å²) in [6.07, 6.45) is 0. The molecule has 2 N–H and O–H groups in total. The summed E-state index contributed by atoms with van der Waals surface area (Å²) in [6.45, 7) is 3.88. The van der Waals surface area contributed by atoms with Crippen molar-refractivity contribution < 1.29 is 8.42 Å². The molecule has 1 aromatic carbocycles. The number of nitrogens with zero attached hydrogens (tertiary/aromatic N) is 2. The molecule has 1 aromatic heterocycles. The molecule has 0 bridgehead atoms. The maximum atomic E-state index is 12.7. The van der Waals surface area contributed by atoms with E-state index in [1.807, 2.05) is 12.3 Å². The highest BCUT2D eigenvalue weighted by Gasteiger charge is 2.24. The first-order chi connectivity index (χ1) is 9.71. The number of aromatic nitrogens is 1. The SMILES string of the molecule is Cc1nc(CN(C)S(=O)(=O)c2cc(N)c(Br)cc2C)cs1. The van der Waals surface area contributed by atoms with Crippen LogP contribution in [0.15, 0.2) is 26.9 Å². The largest absolute Gasteiger partial charge is 0.398 e. The van der Waals surface area contributed by atoms with Crippen molar-refractivity contribution in [1.82, 2.24) is 9.29 Å². The number of anilines is 1. The second kappa shape index (κ2) is 6.04. The molecule has 114 valence electrons. The zero-order valence-corrected chi connectivity index (χ0v) is 15.1. The highest BCUT2D eigenvalue weighted by atomic mass is 79.9. The molecule has 0 fully saturated rings. The van der Waals surface area contributed by atoms with Crippen LogP contribution in [0.3, 0.4) is 0 Å². The summed E-state index contributed by atoms with van der Waals surface area (Å²) >= 11 is 4.80. The van der Waals surface area contributed by atoms with Crippen LogP contribution in [-0.4, -0.2) is 24.8 Å². The van der Waals surface area contributed by atoms with Gasteiger partial charge in [-0.2, -0.15) is 4.31 Å². The topological polar surface area (TPSA) is 76.3 Å². The fourth-order valence-corrected chi connectivity index (χ4v) is 4.35. The minimum Gasteiger partial charge on any atom is -0.398 e. The van der Waals surface area contributed by atoms with Gasteiger partial charge in [0.1, 0.15) is 0 Å². The Hall–Kier alpha value is -0.960. The number of aryl methyl sites for hydroxylation is 2. The summed E-state index contributed by atoms with van der Waals surface area (Å²) in [4.78, 5) is 4.51. The molecular weight excluding hydrogens is 374 g/mol. The van der Waals surface area contributed by atoms with E-state index in [0.717, 1.165) is 10.7 Å². The van der Waals surface area contributed by atoms with E-state index in [-0.39, 0.29) is 11.4 Å². The second-order valence-electron chi connectivity index (χ2n) is 4.76. The highest BCUT2D eigenvalue weighted by Crippen LogP contribution is 2.28. The van der Waals surface area contributed by atoms with E-state index in [4.69, 9.17) is 5.73 Å². The molecule has 1 heterocycles. The Morgan fingerprint density at radius 2 is 2.05 bits per heavy atom. The fourth-order valence-electron chi connectivity index (χ4n) is 1.91. The normalized spacial score (nSPS) is 12.0. The number of hydrogen-bond acceptors (Lipinski definition) is 5. The van der Waals surface area contributed by atoms with Crippen molar-refractivity contribution in [3.63, 3.8) is 0 Å². The molecular formula is C13H16BrN3O2S2. The summed E-state index contributed by atoms with van der Waals surface area (Å²) < 4.78 is 27.3. The molecule has 2 rings (SSSR count). The monoisotopic (exact) mass is 389 g/mol. The molecule has 2 aromatic rings. The van der Waals surface area contributed by atoms with Gasteiger partial charge in [0.15, 0.2) is 0 Å². The smallest absolute Gasteiger partial charge is 0.243 e. The lowest BCUT2D eigenvalue weighted by atomic mass is 10.2. The number of nitrogen functional groups attached to an aromatic ring is 1. The standard InChI is InChI=1S/C13H16BrN3O2S2/c1-8-4-11(14)12(15)5-13(8)21(18,19)17(3)6-10-7-20-9(2)16-10/h4-5,7H,6,15H2,1-3H3. The summed E-state index contributed by atoms with van der Waals surface area (Å²) in [5.41, 5.74) is 7.59. The van der Waals surface area contributed by atoms with Crippen molar-refractivity contribution >= 4 is 43.0 Å². The number of halogens is 1. The molecule has 5 nitrogen and oxygen atoms in total. The Labute approximate surface area is 137 Å². The number of sulfonamides is 1. The Kier molecular flexibility index (Phi) is 4.72. The van der Waals surface area contributed by atoms with Gasteiger partial charge in [-0.25, -0.2) is 13.4 Å². The van der Waals surface area contributed by atoms with Crippen LogP contribution in [0.4, 0.5) is 5.69 Å². The van der Waals surface area contributed by atoms with E-state index in [1.165, 1.54) is 21.7 Å². The fraction of sp³-hybridized carbons (Fsp3) is 0.308.